The average molecular weight is 587 g/mol. The Morgan fingerprint density at radius 1 is 1.03 bits per heavy atom. The molecule has 3 aliphatic heterocycles. The van der Waals surface area contributed by atoms with Crippen LogP contribution in [0.5, 0.6) is 0 Å². The van der Waals surface area contributed by atoms with Gasteiger partial charge in [0, 0.05) is 48.5 Å². The first kappa shape index (κ1) is 27.0. The number of thiophene rings is 2. The molecule has 2 aromatic heterocycles. The lowest BCUT2D eigenvalue weighted by Crippen LogP contribution is -2.55. The molecule has 37 heavy (non-hydrogen) atoms. The van der Waals surface area contributed by atoms with Gasteiger partial charge in [-0.05, 0) is 49.9 Å². The van der Waals surface area contributed by atoms with Gasteiger partial charge in [-0.15, -0.1) is 22.7 Å². The van der Waals surface area contributed by atoms with Crippen LogP contribution in [-0.4, -0.2) is 99.5 Å². The molecule has 0 aromatic carbocycles. The molecular formula is C24H31ClN4O5S3. The van der Waals surface area contributed by atoms with Crippen LogP contribution in [0.15, 0.2) is 28.5 Å². The van der Waals surface area contributed by atoms with Crippen molar-refractivity contribution in [1.29, 1.82) is 0 Å². The molecule has 13 heteroatoms. The third-order valence-corrected chi connectivity index (χ3v) is 11.6. The molecular weight excluding hydrogens is 556 g/mol. The molecule has 0 bridgehead atoms. The summed E-state index contributed by atoms with van der Waals surface area (Å²) in [4.78, 5) is 33.9. The van der Waals surface area contributed by atoms with Crippen molar-refractivity contribution < 1.29 is 22.7 Å². The van der Waals surface area contributed by atoms with E-state index >= 15 is 0 Å². The van der Waals surface area contributed by atoms with Crippen molar-refractivity contribution >= 4 is 56.1 Å². The second-order valence-corrected chi connectivity index (χ2v) is 14.3. The van der Waals surface area contributed by atoms with E-state index < -0.39 is 16.1 Å². The van der Waals surface area contributed by atoms with Crippen molar-refractivity contribution in [3.8, 4) is 9.75 Å². The number of piperidine rings is 1. The fourth-order valence-corrected chi connectivity index (χ4v) is 8.87. The summed E-state index contributed by atoms with van der Waals surface area (Å²) >= 11 is 8.54. The number of nitrogens with zero attached hydrogens (tertiary/aromatic N) is 3. The van der Waals surface area contributed by atoms with Crippen molar-refractivity contribution in [2.75, 3.05) is 52.5 Å². The van der Waals surface area contributed by atoms with Gasteiger partial charge in [0.15, 0.2) is 0 Å². The van der Waals surface area contributed by atoms with E-state index in [1.807, 2.05) is 11.0 Å². The lowest BCUT2D eigenvalue weighted by molar-refractivity contribution is -0.143. The van der Waals surface area contributed by atoms with Gasteiger partial charge in [-0.25, -0.2) is 8.42 Å². The second-order valence-electron chi connectivity index (χ2n) is 9.59. The second kappa shape index (κ2) is 11.7. The van der Waals surface area contributed by atoms with E-state index in [0.29, 0.717) is 30.3 Å². The van der Waals surface area contributed by atoms with E-state index in [4.69, 9.17) is 16.3 Å². The molecule has 9 nitrogen and oxygen atoms in total. The number of carbonyl (C=O) groups is 2. The maximum absolute atomic E-state index is 13.2. The Kier molecular flexibility index (Phi) is 8.54. The van der Waals surface area contributed by atoms with Crippen molar-refractivity contribution in [3.63, 3.8) is 0 Å². The summed E-state index contributed by atoms with van der Waals surface area (Å²) in [6, 6.07) is 6.19. The Hall–Kier alpha value is -1.54. The number of hydrogen-bond donors (Lipinski definition) is 1. The summed E-state index contributed by atoms with van der Waals surface area (Å²) in [5.41, 5.74) is 0. The predicted molar refractivity (Wildman–Crippen MR) is 145 cm³/mol. The van der Waals surface area contributed by atoms with E-state index in [0.717, 1.165) is 66.8 Å². The lowest BCUT2D eigenvalue weighted by atomic mass is 10.1. The Balaban J connectivity index is 1.19. The third-order valence-electron chi connectivity index (χ3n) is 7.09. The van der Waals surface area contributed by atoms with Crippen LogP contribution in [0.1, 0.15) is 25.7 Å². The van der Waals surface area contributed by atoms with Crippen molar-refractivity contribution in [2.24, 2.45) is 0 Å². The predicted octanol–water partition coefficient (Wildman–Crippen LogP) is 2.72. The molecule has 202 valence electrons. The number of rotatable bonds is 8. The van der Waals surface area contributed by atoms with Crippen LogP contribution in [0.25, 0.3) is 9.75 Å². The van der Waals surface area contributed by atoms with Crippen LogP contribution in [0, 0.1) is 0 Å². The zero-order valence-electron chi connectivity index (χ0n) is 20.4. The minimum absolute atomic E-state index is 0.0149. The first-order valence-corrected chi connectivity index (χ1v) is 16.1. The molecule has 0 aliphatic carbocycles. The topological polar surface area (TPSA) is 99.3 Å². The number of hydrogen-bond acceptors (Lipinski definition) is 8. The van der Waals surface area contributed by atoms with E-state index in [1.165, 1.54) is 16.2 Å². The van der Waals surface area contributed by atoms with Gasteiger partial charge in [0.2, 0.25) is 11.8 Å². The number of morpholine rings is 1. The van der Waals surface area contributed by atoms with E-state index in [1.54, 1.807) is 18.2 Å². The normalized spacial score (nSPS) is 23.6. The standard InChI is InChI=1S/C24H31ClN4O5S3/c25-21-7-5-19(35-21)20-6-8-23(36-20)37(32,33)26-18-4-2-9-28(24(18)31)16-22(30)29-10-1-3-17(29)15-27-11-13-34-14-12-27/h5-8,17-18,26H,1-4,9-16H2. The molecule has 3 saturated heterocycles. The molecule has 5 heterocycles. The summed E-state index contributed by atoms with van der Waals surface area (Å²) in [6.45, 7) is 5.14. The van der Waals surface area contributed by atoms with Gasteiger partial charge in [0.1, 0.15) is 10.3 Å². The fourth-order valence-electron chi connectivity index (χ4n) is 5.19. The van der Waals surface area contributed by atoms with Crippen molar-refractivity contribution in [3.05, 3.63) is 28.6 Å². The van der Waals surface area contributed by atoms with Crippen LogP contribution in [0.4, 0.5) is 0 Å². The average Bonchev–Trinajstić information content (AvgIpc) is 3.63. The van der Waals surface area contributed by atoms with Gasteiger partial charge in [0.05, 0.1) is 24.1 Å². The number of nitrogens with one attached hydrogen (secondary N) is 1. The first-order chi connectivity index (χ1) is 17.8. The van der Waals surface area contributed by atoms with E-state index in [9.17, 15) is 18.0 Å². The van der Waals surface area contributed by atoms with Gasteiger partial charge in [-0.3, -0.25) is 14.5 Å². The smallest absolute Gasteiger partial charge is 0.250 e. The van der Waals surface area contributed by atoms with Gasteiger partial charge in [0.25, 0.3) is 10.0 Å². The number of carbonyl (C=O) groups excluding carboxylic acids is 2. The maximum atomic E-state index is 13.2. The molecule has 2 amide bonds. The molecule has 3 fully saturated rings. The molecule has 2 atom stereocenters. The van der Waals surface area contributed by atoms with E-state index in [2.05, 4.69) is 9.62 Å². The van der Waals surface area contributed by atoms with Crippen molar-refractivity contribution in [2.45, 2.75) is 42.0 Å². The SMILES string of the molecule is O=C1C(NS(=O)(=O)c2ccc(-c3ccc(Cl)s3)s2)CCCN1CC(=O)N1CCCC1CN1CCOCC1. The minimum Gasteiger partial charge on any atom is -0.379 e. The molecule has 0 spiro atoms. The third kappa shape index (κ3) is 6.38. The van der Waals surface area contributed by atoms with Gasteiger partial charge in [-0.1, -0.05) is 11.6 Å². The zero-order valence-corrected chi connectivity index (χ0v) is 23.6. The highest BCUT2D eigenvalue weighted by Gasteiger charge is 2.36. The van der Waals surface area contributed by atoms with Crippen LogP contribution < -0.4 is 4.72 Å². The van der Waals surface area contributed by atoms with Crippen LogP contribution >= 0.6 is 34.3 Å². The first-order valence-electron chi connectivity index (χ1n) is 12.6. The Morgan fingerprint density at radius 3 is 2.51 bits per heavy atom. The van der Waals surface area contributed by atoms with Crippen LogP contribution in [0.2, 0.25) is 4.34 Å². The summed E-state index contributed by atoms with van der Waals surface area (Å²) < 4.78 is 35.0. The molecule has 0 saturated carbocycles. The van der Waals surface area contributed by atoms with Gasteiger partial charge >= 0.3 is 0 Å². The van der Waals surface area contributed by atoms with Gasteiger partial charge < -0.3 is 14.5 Å². The molecule has 3 aliphatic rings. The van der Waals surface area contributed by atoms with Crippen LogP contribution in [0.3, 0.4) is 0 Å². The molecule has 0 radical (unpaired) electrons. The molecule has 2 aromatic rings. The highest BCUT2D eigenvalue weighted by molar-refractivity contribution is 7.91. The zero-order chi connectivity index (χ0) is 26.0. The molecule has 5 rings (SSSR count). The van der Waals surface area contributed by atoms with Gasteiger partial charge in [-0.2, -0.15) is 4.72 Å². The maximum Gasteiger partial charge on any atom is 0.250 e. The lowest BCUT2D eigenvalue weighted by Gasteiger charge is -2.35. The number of sulfonamides is 1. The number of amides is 2. The van der Waals surface area contributed by atoms with Crippen molar-refractivity contribution in [1.82, 2.24) is 19.4 Å². The number of likely N-dealkylation sites (tertiary alicyclic amines) is 2. The quantitative estimate of drug-likeness (QED) is 0.511. The fraction of sp³-hybridized carbons (Fsp3) is 0.583. The molecule has 1 N–H and O–H groups in total. The Morgan fingerprint density at radius 2 is 1.76 bits per heavy atom. The monoisotopic (exact) mass is 586 g/mol. The van der Waals surface area contributed by atoms with Crippen LogP contribution in [-0.2, 0) is 24.3 Å². The summed E-state index contributed by atoms with van der Waals surface area (Å²) in [5, 5.41) is 0. The Labute approximate surface area is 230 Å². The summed E-state index contributed by atoms with van der Waals surface area (Å²) in [5.74, 6) is -0.404. The largest absolute Gasteiger partial charge is 0.379 e. The number of halogens is 1. The summed E-state index contributed by atoms with van der Waals surface area (Å²) in [6.07, 6.45) is 2.95. The summed E-state index contributed by atoms with van der Waals surface area (Å²) in [7, 11) is -3.88. The Bertz CT molecular complexity index is 1230. The minimum atomic E-state index is -3.88. The highest BCUT2D eigenvalue weighted by atomic mass is 35.5. The van der Waals surface area contributed by atoms with E-state index in [-0.39, 0.29) is 28.6 Å². The highest BCUT2D eigenvalue weighted by Crippen LogP contribution is 2.37. The number of ether oxygens (including phenoxy) is 1. The molecule has 2 unspecified atom stereocenters.